The van der Waals surface area contributed by atoms with E-state index in [4.69, 9.17) is 0 Å². The van der Waals surface area contributed by atoms with E-state index in [1.54, 1.807) is 0 Å². The van der Waals surface area contributed by atoms with Crippen LogP contribution in [0.5, 0.6) is 0 Å². The Kier molecular flexibility index (Phi) is 9.27. The fourth-order valence-corrected chi connectivity index (χ4v) is 6.92. The molecule has 0 aromatic heterocycles. The maximum atomic E-state index is 11.3. The van der Waals surface area contributed by atoms with Crippen LogP contribution in [-0.2, 0) is 19.2 Å². The van der Waals surface area contributed by atoms with E-state index in [1.165, 1.54) is 51.4 Å². The van der Waals surface area contributed by atoms with Crippen LogP contribution in [0.25, 0.3) is 0 Å². The summed E-state index contributed by atoms with van der Waals surface area (Å²) in [6, 6.07) is 0. The molecular formula is C26H40O4. The molecule has 30 heavy (non-hydrogen) atoms. The summed E-state index contributed by atoms with van der Waals surface area (Å²) in [6.45, 7) is 0. The predicted molar refractivity (Wildman–Crippen MR) is 117 cm³/mol. The number of carbonyl (C=O) groups is 4. The maximum absolute atomic E-state index is 11.3. The highest BCUT2D eigenvalue weighted by Crippen LogP contribution is 2.48. The van der Waals surface area contributed by atoms with Gasteiger partial charge in [0.05, 0.1) is 0 Å². The van der Waals surface area contributed by atoms with Crippen molar-refractivity contribution in [2.45, 2.75) is 103 Å². The second kappa shape index (κ2) is 11.9. The van der Waals surface area contributed by atoms with Crippen LogP contribution in [0.3, 0.4) is 0 Å². The molecule has 4 saturated carbocycles. The van der Waals surface area contributed by atoms with Crippen LogP contribution in [0, 0.1) is 35.5 Å². The number of ketones is 2. The topological polar surface area (TPSA) is 68.3 Å². The van der Waals surface area contributed by atoms with Gasteiger partial charge in [-0.3, -0.25) is 9.59 Å². The van der Waals surface area contributed by atoms with Crippen LogP contribution in [0.1, 0.15) is 103 Å². The first kappa shape index (κ1) is 23.3. The molecule has 0 N–H and O–H groups in total. The van der Waals surface area contributed by atoms with Gasteiger partial charge in [-0.05, 0) is 74.0 Å². The van der Waals surface area contributed by atoms with E-state index in [0.717, 1.165) is 62.9 Å². The predicted octanol–water partition coefficient (Wildman–Crippen LogP) is 5.50. The third kappa shape index (κ3) is 6.34. The summed E-state index contributed by atoms with van der Waals surface area (Å²) in [7, 11) is 0. The molecule has 4 rings (SSSR count). The van der Waals surface area contributed by atoms with Crippen molar-refractivity contribution in [3.05, 3.63) is 0 Å². The second-order valence-electron chi connectivity index (χ2n) is 10.3. The Morgan fingerprint density at radius 2 is 1.03 bits per heavy atom. The van der Waals surface area contributed by atoms with Crippen LogP contribution >= 0.6 is 0 Å². The fraction of sp³-hybridized carbons (Fsp3) is 0.846. The van der Waals surface area contributed by atoms with Crippen LogP contribution in [0.2, 0.25) is 0 Å². The summed E-state index contributed by atoms with van der Waals surface area (Å²) in [5.41, 5.74) is 0. The third-order valence-corrected chi connectivity index (χ3v) is 8.44. The van der Waals surface area contributed by atoms with E-state index in [9.17, 15) is 19.2 Å². The minimum Gasteiger partial charge on any atom is -0.303 e. The van der Waals surface area contributed by atoms with Crippen molar-refractivity contribution in [2.75, 3.05) is 0 Å². The van der Waals surface area contributed by atoms with Crippen LogP contribution in [-0.4, -0.2) is 24.1 Å². The first-order valence-electron chi connectivity index (χ1n) is 12.5. The lowest BCUT2D eigenvalue weighted by Gasteiger charge is -2.17. The Hall–Kier alpha value is -1.32. The van der Waals surface area contributed by atoms with Gasteiger partial charge >= 0.3 is 0 Å². The summed E-state index contributed by atoms with van der Waals surface area (Å²) in [4.78, 5) is 43.0. The molecule has 6 unspecified atom stereocenters. The zero-order valence-corrected chi connectivity index (χ0v) is 18.6. The smallest absolute Gasteiger partial charge is 0.133 e. The zero-order chi connectivity index (χ0) is 21.3. The van der Waals surface area contributed by atoms with Crippen molar-refractivity contribution in [1.82, 2.24) is 0 Å². The molecule has 0 heterocycles. The number of hydrogen-bond acceptors (Lipinski definition) is 4. The van der Waals surface area contributed by atoms with Gasteiger partial charge in [-0.15, -0.1) is 0 Å². The molecule has 4 aliphatic carbocycles. The number of Topliss-reactive ketones (excluding diaryl/α,β-unsaturated/α-hetero) is 2. The SMILES string of the molecule is O=CCCCCC1CCC2CC(=O)CC12.O=CCCCCC1CCC2CC(=O)CC12. The highest BCUT2D eigenvalue weighted by molar-refractivity contribution is 5.81. The highest BCUT2D eigenvalue weighted by Gasteiger charge is 2.42. The van der Waals surface area contributed by atoms with Crippen molar-refractivity contribution in [3.8, 4) is 0 Å². The third-order valence-electron chi connectivity index (χ3n) is 8.44. The van der Waals surface area contributed by atoms with Gasteiger partial charge in [0.2, 0.25) is 0 Å². The van der Waals surface area contributed by atoms with Crippen molar-refractivity contribution in [2.24, 2.45) is 35.5 Å². The molecule has 4 heteroatoms. The van der Waals surface area contributed by atoms with E-state index in [0.29, 0.717) is 48.1 Å². The Bertz CT molecular complexity index is 546. The average molecular weight is 417 g/mol. The molecule has 4 nitrogen and oxygen atoms in total. The number of fused-ring (bicyclic) bond motifs is 2. The molecular weight excluding hydrogens is 376 g/mol. The van der Waals surface area contributed by atoms with E-state index in [-0.39, 0.29) is 0 Å². The van der Waals surface area contributed by atoms with Crippen LogP contribution in [0.15, 0.2) is 0 Å². The Labute approximate surface area is 181 Å². The molecule has 4 fully saturated rings. The van der Waals surface area contributed by atoms with Gasteiger partial charge in [-0.2, -0.15) is 0 Å². The molecule has 6 atom stereocenters. The van der Waals surface area contributed by atoms with Gasteiger partial charge in [-0.25, -0.2) is 0 Å². The lowest BCUT2D eigenvalue weighted by Crippen LogP contribution is -2.09. The van der Waals surface area contributed by atoms with Crippen molar-refractivity contribution >= 4 is 24.1 Å². The standard InChI is InChI=1S/2C13H20O2/c2*14-7-3-1-2-4-10-5-6-11-8-12(15)9-13(10)11/h2*7,10-11,13H,1-6,8-9H2. The first-order valence-corrected chi connectivity index (χ1v) is 12.5. The zero-order valence-electron chi connectivity index (χ0n) is 18.6. The molecule has 4 aliphatic rings. The molecule has 0 aromatic carbocycles. The molecule has 0 amide bonds. The molecule has 0 aromatic rings. The lowest BCUT2D eigenvalue weighted by molar-refractivity contribution is -0.118. The highest BCUT2D eigenvalue weighted by atomic mass is 16.1. The average Bonchev–Trinajstić information content (AvgIpc) is 3.46. The molecule has 168 valence electrons. The number of aldehydes is 2. The summed E-state index contributed by atoms with van der Waals surface area (Å²) < 4.78 is 0. The van der Waals surface area contributed by atoms with E-state index in [1.807, 2.05) is 0 Å². The Balaban J connectivity index is 0.000000171. The summed E-state index contributed by atoms with van der Waals surface area (Å²) in [6.07, 6.45) is 18.9. The lowest BCUT2D eigenvalue weighted by atomic mass is 9.88. The van der Waals surface area contributed by atoms with E-state index in [2.05, 4.69) is 0 Å². The minimum atomic E-state index is 0.489. The minimum absolute atomic E-state index is 0.489. The molecule has 0 saturated heterocycles. The Morgan fingerprint density at radius 1 is 0.600 bits per heavy atom. The van der Waals surface area contributed by atoms with Gasteiger partial charge in [0.15, 0.2) is 0 Å². The van der Waals surface area contributed by atoms with E-state index < -0.39 is 0 Å². The first-order chi connectivity index (χ1) is 14.6. The van der Waals surface area contributed by atoms with Crippen molar-refractivity contribution < 1.29 is 19.2 Å². The number of hydrogen-bond donors (Lipinski definition) is 0. The summed E-state index contributed by atoms with van der Waals surface area (Å²) >= 11 is 0. The number of carbonyl (C=O) groups excluding carboxylic acids is 4. The van der Waals surface area contributed by atoms with Crippen molar-refractivity contribution in [1.29, 1.82) is 0 Å². The second-order valence-corrected chi connectivity index (χ2v) is 10.3. The van der Waals surface area contributed by atoms with Gasteiger partial charge in [-0.1, -0.05) is 25.7 Å². The van der Waals surface area contributed by atoms with Crippen molar-refractivity contribution in [3.63, 3.8) is 0 Å². The largest absolute Gasteiger partial charge is 0.303 e. The summed E-state index contributed by atoms with van der Waals surface area (Å²) in [5, 5.41) is 0. The molecule has 0 bridgehead atoms. The molecule has 0 radical (unpaired) electrons. The van der Waals surface area contributed by atoms with Gasteiger partial charge < -0.3 is 9.59 Å². The van der Waals surface area contributed by atoms with Gasteiger partial charge in [0, 0.05) is 38.5 Å². The van der Waals surface area contributed by atoms with E-state index >= 15 is 0 Å². The normalized spacial score (nSPS) is 34.4. The number of rotatable bonds is 10. The monoisotopic (exact) mass is 416 g/mol. The molecule has 0 aliphatic heterocycles. The van der Waals surface area contributed by atoms with Crippen LogP contribution in [0.4, 0.5) is 0 Å². The quantitative estimate of drug-likeness (QED) is 0.348. The van der Waals surface area contributed by atoms with Gasteiger partial charge in [0.25, 0.3) is 0 Å². The maximum Gasteiger partial charge on any atom is 0.133 e. The van der Waals surface area contributed by atoms with Gasteiger partial charge in [0.1, 0.15) is 24.1 Å². The summed E-state index contributed by atoms with van der Waals surface area (Å²) in [5.74, 6) is 5.39. The van der Waals surface area contributed by atoms with Crippen LogP contribution < -0.4 is 0 Å². The molecule has 0 spiro atoms. The number of unbranched alkanes of at least 4 members (excludes halogenated alkanes) is 4. The fourth-order valence-electron chi connectivity index (χ4n) is 6.92. The Morgan fingerprint density at radius 3 is 1.43 bits per heavy atom.